The summed E-state index contributed by atoms with van der Waals surface area (Å²) in [7, 11) is 0. The largest absolute Gasteiger partial charge is 0.385 e. The summed E-state index contributed by atoms with van der Waals surface area (Å²) in [6, 6.07) is 3.20. The Labute approximate surface area is 151 Å². The summed E-state index contributed by atoms with van der Waals surface area (Å²) in [6.45, 7) is 0.860. The summed E-state index contributed by atoms with van der Waals surface area (Å²) in [5.41, 5.74) is 0.776. The Morgan fingerprint density at radius 3 is 2.76 bits per heavy atom. The fraction of sp³-hybridized carbons (Fsp3) is 0.579. The number of hydrogen-bond donors (Lipinski definition) is 2. The van der Waals surface area contributed by atoms with E-state index in [-0.39, 0.29) is 10.9 Å². The lowest BCUT2D eigenvalue weighted by Gasteiger charge is -2.20. The average molecular weight is 361 g/mol. The van der Waals surface area contributed by atoms with E-state index in [1.54, 1.807) is 6.07 Å². The van der Waals surface area contributed by atoms with E-state index >= 15 is 0 Å². The lowest BCUT2D eigenvalue weighted by molar-refractivity contribution is 0.516. The highest BCUT2D eigenvalue weighted by molar-refractivity contribution is 7.99. The number of nitrogens with zero attached hydrogens (tertiary/aromatic N) is 1. The van der Waals surface area contributed by atoms with Crippen LogP contribution in [0.2, 0.25) is 0 Å². The molecule has 1 aromatic heterocycles. The number of aromatic nitrogens is 2. The predicted octanol–water partition coefficient (Wildman–Crippen LogP) is 4.45. The SMILES string of the molecule is O=c1[nH]c(CSC2CCCCC2)nc2cc(NCC3CC3)cc(F)c12. The second kappa shape index (κ2) is 7.36. The number of rotatable bonds is 6. The van der Waals surface area contributed by atoms with Gasteiger partial charge in [0.15, 0.2) is 0 Å². The first-order valence-corrected chi connectivity index (χ1v) is 10.3. The topological polar surface area (TPSA) is 57.8 Å². The molecule has 1 aromatic carbocycles. The van der Waals surface area contributed by atoms with E-state index in [0.29, 0.717) is 33.9 Å². The first-order chi connectivity index (χ1) is 12.2. The molecule has 0 aliphatic heterocycles. The minimum absolute atomic E-state index is 0.0587. The molecule has 2 fully saturated rings. The van der Waals surface area contributed by atoms with Crippen molar-refractivity contribution in [2.24, 2.45) is 5.92 Å². The zero-order valence-corrected chi connectivity index (χ0v) is 15.1. The Morgan fingerprint density at radius 1 is 1.20 bits per heavy atom. The van der Waals surface area contributed by atoms with Gasteiger partial charge in [-0.05, 0) is 43.7 Å². The molecule has 2 saturated carbocycles. The first-order valence-electron chi connectivity index (χ1n) is 9.27. The second-order valence-corrected chi connectivity index (χ2v) is 8.55. The predicted molar refractivity (Wildman–Crippen MR) is 102 cm³/mol. The number of thioether (sulfide) groups is 1. The minimum Gasteiger partial charge on any atom is -0.385 e. The lowest BCUT2D eigenvalue weighted by Crippen LogP contribution is -2.15. The third kappa shape index (κ3) is 4.17. The number of hydrogen-bond acceptors (Lipinski definition) is 4. The Hall–Kier alpha value is -1.56. The smallest absolute Gasteiger partial charge is 0.261 e. The quantitative estimate of drug-likeness (QED) is 0.798. The summed E-state index contributed by atoms with van der Waals surface area (Å²) >= 11 is 1.86. The van der Waals surface area contributed by atoms with E-state index in [0.717, 1.165) is 6.54 Å². The second-order valence-electron chi connectivity index (χ2n) is 7.26. The maximum Gasteiger partial charge on any atom is 0.261 e. The molecule has 0 saturated heterocycles. The molecule has 134 valence electrons. The monoisotopic (exact) mass is 361 g/mol. The van der Waals surface area contributed by atoms with Gasteiger partial charge in [-0.3, -0.25) is 4.79 Å². The normalized spacial score (nSPS) is 18.6. The average Bonchev–Trinajstić information content (AvgIpc) is 3.43. The molecule has 4 rings (SSSR count). The molecule has 0 bridgehead atoms. The highest BCUT2D eigenvalue weighted by atomic mass is 32.2. The molecule has 4 nitrogen and oxygen atoms in total. The van der Waals surface area contributed by atoms with Gasteiger partial charge in [-0.2, -0.15) is 11.8 Å². The van der Waals surface area contributed by atoms with Gasteiger partial charge in [-0.15, -0.1) is 0 Å². The van der Waals surface area contributed by atoms with E-state index in [1.807, 2.05) is 11.8 Å². The highest BCUT2D eigenvalue weighted by Gasteiger charge is 2.21. The van der Waals surface area contributed by atoms with Crippen molar-refractivity contribution in [2.75, 3.05) is 11.9 Å². The Kier molecular flexibility index (Phi) is 4.97. The summed E-state index contributed by atoms with van der Waals surface area (Å²) in [5.74, 6) is 1.52. The van der Waals surface area contributed by atoms with Crippen molar-refractivity contribution in [3.05, 3.63) is 34.1 Å². The van der Waals surface area contributed by atoms with E-state index in [9.17, 15) is 9.18 Å². The number of anilines is 1. The molecular weight excluding hydrogens is 337 g/mol. The van der Waals surface area contributed by atoms with Gasteiger partial charge >= 0.3 is 0 Å². The third-order valence-electron chi connectivity index (χ3n) is 5.11. The third-order valence-corrected chi connectivity index (χ3v) is 6.49. The molecule has 2 aliphatic carbocycles. The molecule has 0 amide bonds. The molecule has 2 aliphatic rings. The van der Waals surface area contributed by atoms with Gasteiger partial charge < -0.3 is 10.3 Å². The Balaban J connectivity index is 1.54. The lowest BCUT2D eigenvalue weighted by atomic mass is 10.0. The molecule has 2 aromatic rings. The molecule has 0 spiro atoms. The van der Waals surface area contributed by atoms with Crippen LogP contribution in [0.4, 0.5) is 10.1 Å². The maximum atomic E-state index is 14.4. The fourth-order valence-electron chi connectivity index (χ4n) is 3.46. The standard InChI is InChI=1S/C19H24FN3OS/c20-15-8-13(21-10-12-6-7-12)9-16-18(15)19(24)23-17(22-16)11-25-14-4-2-1-3-5-14/h8-9,12,14,21H,1-7,10-11H2,(H,22,23,24). The number of benzene rings is 1. The van der Waals surface area contributed by atoms with E-state index < -0.39 is 5.82 Å². The van der Waals surface area contributed by atoms with Crippen molar-refractivity contribution in [3.63, 3.8) is 0 Å². The van der Waals surface area contributed by atoms with Gasteiger partial charge in [-0.25, -0.2) is 9.37 Å². The van der Waals surface area contributed by atoms with Crippen LogP contribution in [0, 0.1) is 11.7 Å². The molecule has 0 radical (unpaired) electrons. The first kappa shape index (κ1) is 16.9. The summed E-state index contributed by atoms with van der Waals surface area (Å²) in [6.07, 6.45) is 8.88. The van der Waals surface area contributed by atoms with E-state index in [1.165, 1.54) is 51.0 Å². The van der Waals surface area contributed by atoms with Crippen LogP contribution >= 0.6 is 11.8 Å². The number of H-pyrrole nitrogens is 1. The van der Waals surface area contributed by atoms with Crippen LogP contribution in [0.15, 0.2) is 16.9 Å². The van der Waals surface area contributed by atoms with Crippen LogP contribution in [0.1, 0.15) is 50.8 Å². The Morgan fingerprint density at radius 2 is 2.00 bits per heavy atom. The van der Waals surface area contributed by atoms with E-state index in [4.69, 9.17) is 0 Å². The van der Waals surface area contributed by atoms with Crippen molar-refractivity contribution in [1.29, 1.82) is 0 Å². The van der Waals surface area contributed by atoms with Gasteiger partial charge in [0.2, 0.25) is 0 Å². The van der Waals surface area contributed by atoms with Gasteiger partial charge in [0.1, 0.15) is 17.0 Å². The molecule has 6 heteroatoms. The zero-order chi connectivity index (χ0) is 17.2. The van der Waals surface area contributed by atoms with Gasteiger partial charge in [0.25, 0.3) is 5.56 Å². The van der Waals surface area contributed by atoms with Crippen LogP contribution in [-0.2, 0) is 5.75 Å². The number of halogens is 1. The minimum atomic E-state index is -0.504. The van der Waals surface area contributed by atoms with Crippen molar-refractivity contribution in [1.82, 2.24) is 9.97 Å². The summed E-state index contributed by atoms with van der Waals surface area (Å²) < 4.78 is 14.4. The molecule has 1 heterocycles. The van der Waals surface area contributed by atoms with Crippen LogP contribution in [0.25, 0.3) is 10.9 Å². The number of fused-ring (bicyclic) bond motifs is 1. The highest BCUT2D eigenvalue weighted by Crippen LogP contribution is 2.31. The summed E-state index contributed by atoms with van der Waals surface area (Å²) in [5, 5.41) is 3.97. The van der Waals surface area contributed by atoms with Crippen LogP contribution < -0.4 is 10.9 Å². The molecule has 0 unspecified atom stereocenters. The van der Waals surface area contributed by atoms with Gasteiger partial charge in [0, 0.05) is 17.5 Å². The molecule has 2 N–H and O–H groups in total. The van der Waals surface area contributed by atoms with Crippen molar-refractivity contribution < 1.29 is 4.39 Å². The zero-order valence-electron chi connectivity index (χ0n) is 14.3. The molecule has 0 atom stereocenters. The Bertz CT molecular complexity index is 812. The van der Waals surface area contributed by atoms with E-state index in [2.05, 4.69) is 15.3 Å². The van der Waals surface area contributed by atoms with Crippen molar-refractivity contribution in [3.8, 4) is 0 Å². The van der Waals surface area contributed by atoms with Crippen molar-refractivity contribution >= 4 is 28.4 Å². The molecular formula is C19H24FN3OS. The van der Waals surface area contributed by atoms with Crippen molar-refractivity contribution in [2.45, 2.75) is 55.9 Å². The van der Waals surface area contributed by atoms with Crippen LogP contribution in [0.5, 0.6) is 0 Å². The van der Waals surface area contributed by atoms with Gasteiger partial charge in [-0.1, -0.05) is 19.3 Å². The van der Waals surface area contributed by atoms with Crippen LogP contribution in [0.3, 0.4) is 0 Å². The maximum absolute atomic E-state index is 14.4. The van der Waals surface area contributed by atoms with Crippen LogP contribution in [-0.4, -0.2) is 21.8 Å². The van der Waals surface area contributed by atoms with Gasteiger partial charge in [0.05, 0.1) is 11.3 Å². The molecule has 25 heavy (non-hydrogen) atoms. The fourth-order valence-corrected chi connectivity index (χ4v) is 4.65. The number of nitrogens with one attached hydrogen (secondary N) is 2. The summed E-state index contributed by atoms with van der Waals surface area (Å²) in [4.78, 5) is 19.6. The number of aromatic amines is 1.